The number of carboxylic acid groups (broad SMARTS) is 1. The van der Waals surface area contributed by atoms with Crippen LogP contribution in [0.4, 0.5) is 0 Å². The van der Waals surface area contributed by atoms with Crippen LogP contribution in [-0.4, -0.2) is 31.6 Å². The molecule has 0 aromatic carbocycles. The molecule has 1 N–H and O–H groups in total. The number of carbonyl (C=O) groups is 2. The highest BCUT2D eigenvalue weighted by Crippen LogP contribution is 2.14. The van der Waals surface area contributed by atoms with Gasteiger partial charge in [-0.15, -0.1) is 0 Å². The lowest BCUT2D eigenvalue weighted by Gasteiger charge is -2.28. The summed E-state index contributed by atoms with van der Waals surface area (Å²) < 4.78 is 4.54. The van der Waals surface area contributed by atoms with E-state index in [0.717, 1.165) is 0 Å². The van der Waals surface area contributed by atoms with Gasteiger partial charge in [-0.25, -0.2) is 0 Å². The number of piperidine rings is 1. The Morgan fingerprint density at radius 1 is 1.46 bits per heavy atom. The van der Waals surface area contributed by atoms with E-state index in [-0.39, 0.29) is 11.9 Å². The number of ether oxygens (including phenoxy) is 1. The monoisotopic (exact) mass is 186 g/mol. The van der Waals surface area contributed by atoms with Gasteiger partial charge < -0.3 is 20.0 Å². The molecule has 74 valence electrons. The lowest BCUT2D eigenvalue weighted by Crippen LogP contribution is -2.51. The normalized spacial score (nSPS) is 28.1. The van der Waals surface area contributed by atoms with E-state index in [4.69, 9.17) is 0 Å². The molecule has 1 aliphatic heterocycles. The largest absolute Gasteiger partial charge is 0.548 e. The van der Waals surface area contributed by atoms with Crippen molar-refractivity contribution in [3.8, 4) is 0 Å². The first kappa shape index (κ1) is 9.98. The van der Waals surface area contributed by atoms with Crippen molar-refractivity contribution < 1.29 is 19.4 Å². The molecule has 0 radical (unpaired) electrons. The van der Waals surface area contributed by atoms with Crippen LogP contribution in [0.1, 0.15) is 12.8 Å². The van der Waals surface area contributed by atoms with Crippen molar-refractivity contribution in [3.05, 3.63) is 0 Å². The highest BCUT2D eigenvalue weighted by atomic mass is 16.5. The molecule has 1 heterocycles. The summed E-state index contributed by atoms with van der Waals surface area (Å²) in [4.78, 5) is 21.4. The molecule has 2 atom stereocenters. The van der Waals surface area contributed by atoms with E-state index in [1.807, 2.05) is 0 Å². The maximum atomic E-state index is 11.0. The smallest absolute Gasteiger partial charge is 0.309 e. The number of esters is 1. The Morgan fingerprint density at radius 3 is 2.54 bits per heavy atom. The molecule has 0 aliphatic carbocycles. The van der Waals surface area contributed by atoms with Crippen LogP contribution in [0.2, 0.25) is 0 Å². The second-order valence-electron chi connectivity index (χ2n) is 3.08. The Morgan fingerprint density at radius 2 is 2.15 bits per heavy atom. The van der Waals surface area contributed by atoms with Crippen LogP contribution in [0, 0.1) is 5.92 Å². The third-order valence-electron chi connectivity index (χ3n) is 2.23. The molecule has 1 rings (SSSR count). The first-order valence-electron chi connectivity index (χ1n) is 4.17. The Bertz CT molecular complexity index is 208. The van der Waals surface area contributed by atoms with E-state index in [9.17, 15) is 14.7 Å². The van der Waals surface area contributed by atoms with Crippen LogP contribution in [0.25, 0.3) is 0 Å². The summed E-state index contributed by atoms with van der Waals surface area (Å²) in [6.45, 7) is 0.353. The van der Waals surface area contributed by atoms with E-state index >= 15 is 0 Å². The lowest BCUT2D eigenvalue weighted by molar-refractivity contribution is -0.309. The summed E-state index contributed by atoms with van der Waals surface area (Å²) in [6.07, 6.45) is 0.959. The number of methoxy groups -OCH3 is 1. The molecule has 1 saturated heterocycles. The first-order chi connectivity index (χ1) is 6.15. The summed E-state index contributed by atoms with van der Waals surface area (Å²) in [6, 6.07) is -0.624. The van der Waals surface area contributed by atoms with Gasteiger partial charge in [0.15, 0.2) is 0 Å². The summed E-state index contributed by atoms with van der Waals surface area (Å²) >= 11 is 0. The average molecular weight is 186 g/mol. The van der Waals surface area contributed by atoms with E-state index in [1.165, 1.54) is 7.11 Å². The fourth-order valence-corrected chi connectivity index (χ4v) is 1.43. The van der Waals surface area contributed by atoms with Crippen molar-refractivity contribution >= 4 is 11.9 Å². The molecule has 1 fully saturated rings. The number of carbonyl (C=O) groups excluding carboxylic acids is 2. The zero-order valence-electron chi connectivity index (χ0n) is 7.41. The number of rotatable bonds is 2. The molecule has 0 bridgehead atoms. The van der Waals surface area contributed by atoms with Gasteiger partial charge in [0.25, 0.3) is 0 Å². The van der Waals surface area contributed by atoms with Crippen molar-refractivity contribution in [1.29, 1.82) is 0 Å². The van der Waals surface area contributed by atoms with Crippen LogP contribution < -0.4 is 10.4 Å². The van der Waals surface area contributed by atoms with E-state index in [0.29, 0.717) is 19.4 Å². The van der Waals surface area contributed by atoms with Crippen LogP contribution in [0.15, 0.2) is 0 Å². The summed E-state index contributed by atoms with van der Waals surface area (Å²) in [5.41, 5.74) is 0. The van der Waals surface area contributed by atoms with Crippen molar-refractivity contribution in [2.45, 2.75) is 18.9 Å². The molecule has 5 heteroatoms. The van der Waals surface area contributed by atoms with Gasteiger partial charge in [0.1, 0.15) is 0 Å². The van der Waals surface area contributed by atoms with Gasteiger partial charge in [-0.3, -0.25) is 4.79 Å². The van der Waals surface area contributed by atoms with Crippen LogP contribution in [0.5, 0.6) is 0 Å². The molecular formula is C8H12NO4-. The first-order valence-corrected chi connectivity index (χ1v) is 4.17. The average Bonchev–Trinajstić information content (AvgIpc) is 2.17. The molecule has 0 amide bonds. The Kier molecular flexibility index (Phi) is 3.25. The lowest BCUT2D eigenvalue weighted by atomic mass is 9.95. The van der Waals surface area contributed by atoms with E-state index in [1.54, 1.807) is 0 Å². The molecule has 1 aliphatic rings. The fraction of sp³-hybridized carbons (Fsp3) is 0.750. The van der Waals surface area contributed by atoms with Crippen molar-refractivity contribution in [2.24, 2.45) is 5.92 Å². The summed E-state index contributed by atoms with van der Waals surface area (Å²) in [7, 11) is 1.33. The fourth-order valence-electron chi connectivity index (χ4n) is 1.43. The minimum absolute atomic E-state index is 0.222. The van der Waals surface area contributed by atoms with Gasteiger partial charge in [0, 0.05) is 12.6 Å². The topological polar surface area (TPSA) is 78.5 Å². The SMILES string of the molecule is COC(=O)C1CCC(C(=O)[O-])NC1. The highest BCUT2D eigenvalue weighted by Gasteiger charge is 2.26. The number of hydrogen-bond donors (Lipinski definition) is 1. The zero-order valence-corrected chi connectivity index (χ0v) is 7.41. The van der Waals surface area contributed by atoms with Gasteiger partial charge in [0.05, 0.1) is 19.0 Å². The molecule has 5 nitrogen and oxygen atoms in total. The number of aliphatic carboxylic acids is 1. The molecular weight excluding hydrogens is 174 g/mol. The summed E-state index contributed by atoms with van der Waals surface area (Å²) in [5.74, 6) is -1.62. The minimum atomic E-state index is -1.11. The zero-order chi connectivity index (χ0) is 9.84. The van der Waals surface area contributed by atoms with E-state index in [2.05, 4.69) is 10.1 Å². The van der Waals surface area contributed by atoms with Gasteiger partial charge in [0.2, 0.25) is 0 Å². The maximum Gasteiger partial charge on any atom is 0.309 e. The second-order valence-corrected chi connectivity index (χ2v) is 3.08. The van der Waals surface area contributed by atoms with E-state index < -0.39 is 12.0 Å². The molecule has 0 aromatic rings. The third-order valence-corrected chi connectivity index (χ3v) is 2.23. The number of carboxylic acids is 1. The van der Waals surface area contributed by atoms with Crippen molar-refractivity contribution in [3.63, 3.8) is 0 Å². The number of hydrogen-bond acceptors (Lipinski definition) is 5. The Hall–Kier alpha value is -1.10. The predicted octanol–water partition coefficient (Wildman–Crippen LogP) is -1.72. The molecule has 0 aromatic heterocycles. The summed E-state index contributed by atoms with van der Waals surface area (Å²) in [5, 5.41) is 13.1. The Labute approximate surface area is 76.1 Å². The number of nitrogens with one attached hydrogen (secondary N) is 1. The Balaban J connectivity index is 2.39. The van der Waals surface area contributed by atoms with Crippen molar-refractivity contribution in [1.82, 2.24) is 5.32 Å². The second kappa shape index (κ2) is 4.23. The minimum Gasteiger partial charge on any atom is -0.548 e. The maximum absolute atomic E-state index is 11.0. The van der Waals surface area contributed by atoms with Gasteiger partial charge in [-0.2, -0.15) is 0 Å². The predicted molar refractivity (Wildman–Crippen MR) is 41.5 cm³/mol. The highest BCUT2D eigenvalue weighted by molar-refractivity contribution is 5.74. The standard InChI is InChI=1S/C8H13NO4/c1-13-8(12)5-2-3-6(7(10)11)9-4-5/h5-6,9H,2-4H2,1H3,(H,10,11)/p-1. The van der Waals surface area contributed by atoms with Gasteiger partial charge in [-0.1, -0.05) is 0 Å². The molecule has 13 heavy (non-hydrogen) atoms. The molecule has 2 unspecified atom stereocenters. The van der Waals surface area contributed by atoms with Crippen LogP contribution in [0.3, 0.4) is 0 Å². The quantitative estimate of drug-likeness (QED) is 0.519. The van der Waals surface area contributed by atoms with Crippen molar-refractivity contribution in [2.75, 3.05) is 13.7 Å². The van der Waals surface area contributed by atoms with Crippen LogP contribution >= 0.6 is 0 Å². The third kappa shape index (κ3) is 2.42. The van der Waals surface area contributed by atoms with Gasteiger partial charge in [-0.05, 0) is 12.8 Å². The van der Waals surface area contributed by atoms with Crippen LogP contribution in [-0.2, 0) is 14.3 Å². The molecule has 0 saturated carbocycles. The van der Waals surface area contributed by atoms with Gasteiger partial charge >= 0.3 is 5.97 Å². The molecule has 0 spiro atoms.